The number of aromatic nitrogens is 1. The number of nitrogens with zero attached hydrogens (tertiary/aromatic N) is 1. The lowest BCUT2D eigenvalue weighted by Crippen LogP contribution is -2.22. The van der Waals surface area contributed by atoms with Crippen LogP contribution in [0.2, 0.25) is 0 Å². The average Bonchev–Trinajstić information content (AvgIpc) is 3.38. The fourth-order valence-electron chi connectivity index (χ4n) is 3.60. The Labute approximate surface area is 204 Å². The molecular weight excluding hydrogens is 444 g/mol. The van der Waals surface area contributed by atoms with Gasteiger partial charge in [0.2, 0.25) is 5.91 Å². The van der Waals surface area contributed by atoms with Crippen molar-refractivity contribution in [3.63, 3.8) is 0 Å². The first-order valence-corrected chi connectivity index (χ1v) is 12.2. The van der Waals surface area contributed by atoms with Crippen LogP contribution in [-0.4, -0.2) is 24.6 Å². The van der Waals surface area contributed by atoms with E-state index < -0.39 is 0 Å². The molecule has 0 aliphatic carbocycles. The van der Waals surface area contributed by atoms with Crippen molar-refractivity contribution < 1.29 is 14.3 Å². The minimum absolute atomic E-state index is 0.0179. The molecular formula is C28H28N2O3S. The third-order valence-corrected chi connectivity index (χ3v) is 6.32. The SMILES string of the molecule is CCOc1ccc(CCC(=O)NCc2ccc(-c3nc(-c4ccccc4)cs3)cc2)cc1OC. The van der Waals surface area contributed by atoms with E-state index in [9.17, 15) is 4.79 Å². The number of rotatable bonds is 10. The second kappa shape index (κ2) is 11.5. The number of carbonyl (C=O) groups is 1. The van der Waals surface area contributed by atoms with Crippen molar-refractivity contribution in [1.29, 1.82) is 0 Å². The molecule has 0 radical (unpaired) electrons. The summed E-state index contributed by atoms with van der Waals surface area (Å²) in [5.41, 5.74) is 5.28. The Kier molecular flexibility index (Phi) is 7.94. The first-order valence-electron chi connectivity index (χ1n) is 11.3. The molecule has 0 fully saturated rings. The van der Waals surface area contributed by atoms with E-state index in [2.05, 4.69) is 35.0 Å². The van der Waals surface area contributed by atoms with Crippen molar-refractivity contribution in [2.45, 2.75) is 26.3 Å². The molecule has 5 nitrogen and oxygen atoms in total. The number of aryl methyl sites for hydroxylation is 1. The van der Waals surface area contributed by atoms with Crippen LogP contribution >= 0.6 is 11.3 Å². The molecule has 0 atom stereocenters. The van der Waals surface area contributed by atoms with Gasteiger partial charge < -0.3 is 14.8 Å². The van der Waals surface area contributed by atoms with Crippen LogP contribution in [0.3, 0.4) is 0 Å². The van der Waals surface area contributed by atoms with Gasteiger partial charge in [-0.25, -0.2) is 4.98 Å². The standard InChI is InChI=1S/C28H28N2O3S/c1-3-33-25-15-11-20(17-26(25)32-2)12-16-27(31)29-18-21-9-13-23(14-10-21)28-30-24(19-34-28)22-7-5-4-6-8-22/h4-11,13-15,17,19H,3,12,16,18H2,1-2H3,(H,29,31). The molecule has 1 amide bonds. The molecule has 1 heterocycles. The van der Waals surface area contributed by atoms with Crippen molar-refractivity contribution in [1.82, 2.24) is 10.3 Å². The van der Waals surface area contributed by atoms with E-state index in [1.165, 1.54) is 0 Å². The van der Waals surface area contributed by atoms with E-state index in [1.807, 2.05) is 55.5 Å². The van der Waals surface area contributed by atoms with E-state index in [0.717, 1.165) is 38.7 Å². The van der Waals surface area contributed by atoms with Crippen LogP contribution in [-0.2, 0) is 17.8 Å². The summed E-state index contributed by atoms with van der Waals surface area (Å²) in [6.07, 6.45) is 1.05. The zero-order valence-corrected chi connectivity index (χ0v) is 20.2. The molecule has 0 spiro atoms. The van der Waals surface area contributed by atoms with E-state index >= 15 is 0 Å². The minimum Gasteiger partial charge on any atom is -0.493 e. The smallest absolute Gasteiger partial charge is 0.220 e. The monoisotopic (exact) mass is 472 g/mol. The number of nitrogens with one attached hydrogen (secondary N) is 1. The van der Waals surface area contributed by atoms with Crippen molar-refractivity contribution in [2.24, 2.45) is 0 Å². The summed E-state index contributed by atoms with van der Waals surface area (Å²) >= 11 is 1.63. The van der Waals surface area contributed by atoms with Gasteiger partial charge >= 0.3 is 0 Å². The lowest BCUT2D eigenvalue weighted by atomic mass is 10.1. The third-order valence-electron chi connectivity index (χ3n) is 5.43. The number of thiazole rings is 1. The fraction of sp³-hybridized carbons (Fsp3) is 0.214. The largest absolute Gasteiger partial charge is 0.493 e. The number of hydrogen-bond acceptors (Lipinski definition) is 5. The third kappa shape index (κ3) is 6.02. The molecule has 3 aromatic carbocycles. The lowest BCUT2D eigenvalue weighted by Gasteiger charge is -2.11. The van der Waals surface area contributed by atoms with Gasteiger partial charge in [-0.3, -0.25) is 4.79 Å². The molecule has 174 valence electrons. The molecule has 1 N–H and O–H groups in total. The van der Waals surface area contributed by atoms with Gasteiger partial charge in [0.05, 0.1) is 19.4 Å². The lowest BCUT2D eigenvalue weighted by molar-refractivity contribution is -0.121. The molecule has 34 heavy (non-hydrogen) atoms. The van der Waals surface area contributed by atoms with Crippen LogP contribution in [0.15, 0.2) is 78.2 Å². The highest BCUT2D eigenvalue weighted by Crippen LogP contribution is 2.29. The Morgan fingerprint density at radius 3 is 2.44 bits per heavy atom. The summed E-state index contributed by atoms with van der Waals surface area (Å²) < 4.78 is 10.9. The Balaban J connectivity index is 1.28. The molecule has 0 bridgehead atoms. The van der Waals surface area contributed by atoms with Gasteiger partial charge in [-0.15, -0.1) is 11.3 Å². The zero-order chi connectivity index (χ0) is 23.8. The second-order valence-electron chi connectivity index (χ2n) is 7.80. The van der Waals surface area contributed by atoms with Gasteiger partial charge in [-0.05, 0) is 36.6 Å². The zero-order valence-electron chi connectivity index (χ0n) is 19.4. The maximum atomic E-state index is 12.4. The number of hydrogen-bond donors (Lipinski definition) is 1. The molecule has 0 saturated carbocycles. The van der Waals surface area contributed by atoms with Crippen LogP contribution in [0, 0.1) is 0 Å². The van der Waals surface area contributed by atoms with Gasteiger partial charge in [-0.1, -0.05) is 60.7 Å². The van der Waals surface area contributed by atoms with Gasteiger partial charge in [0.1, 0.15) is 5.01 Å². The number of benzene rings is 3. The van der Waals surface area contributed by atoms with Gasteiger partial charge in [0, 0.05) is 29.5 Å². The Bertz CT molecular complexity index is 1220. The fourth-order valence-corrected chi connectivity index (χ4v) is 4.44. The molecule has 0 aliphatic rings. The first kappa shape index (κ1) is 23.5. The Morgan fingerprint density at radius 2 is 1.71 bits per heavy atom. The summed E-state index contributed by atoms with van der Waals surface area (Å²) in [4.78, 5) is 17.1. The topological polar surface area (TPSA) is 60.5 Å². The van der Waals surface area contributed by atoms with Gasteiger partial charge in [0.25, 0.3) is 0 Å². The van der Waals surface area contributed by atoms with E-state index in [4.69, 9.17) is 14.5 Å². The quantitative estimate of drug-likeness (QED) is 0.301. The van der Waals surface area contributed by atoms with Crippen LogP contribution in [0.5, 0.6) is 11.5 Å². The van der Waals surface area contributed by atoms with Gasteiger partial charge in [-0.2, -0.15) is 0 Å². The van der Waals surface area contributed by atoms with Crippen LogP contribution in [0.25, 0.3) is 21.8 Å². The first-order chi connectivity index (χ1) is 16.7. The summed E-state index contributed by atoms with van der Waals surface area (Å²) in [6, 6.07) is 24.2. The van der Waals surface area contributed by atoms with Crippen molar-refractivity contribution >= 4 is 17.2 Å². The molecule has 0 aliphatic heterocycles. The van der Waals surface area contributed by atoms with Gasteiger partial charge in [0.15, 0.2) is 11.5 Å². The number of amides is 1. The highest BCUT2D eigenvalue weighted by atomic mass is 32.1. The Morgan fingerprint density at radius 1 is 0.941 bits per heavy atom. The maximum Gasteiger partial charge on any atom is 0.220 e. The number of carbonyl (C=O) groups excluding carboxylic acids is 1. The van der Waals surface area contributed by atoms with Crippen molar-refractivity contribution in [3.8, 4) is 33.3 Å². The normalized spacial score (nSPS) is 10.6. The van der Waals surface area contributed by atoms with Crippen molar-refractivity contribution in [2.75, 3.05) is 13.7 Å². The highest BCUT2D eigenvalue weighted by molar-refractivity contribution is 7.13. The summed E-state index contributed by atoms with van der Waals surface area (Å²) in [6.45, 7) is 3.02. The number of methoxy groups -OCH3 is 1. The summed E-state index contributed by atoms with van der Waals surface area (Å²) in [5, 5.41) is 6.07. The van der Waals surface area contributed by atoms with E-state index in [1.54, 1.807) is 18.4 Å². The van der Waals surface area contributed by atoms with Crippen LogP contribution < -0.4 is 14.8 Å². The predicted molar refractivity (Wildman–Crippen MR) is 137 cm³/mol. The van der Waals surface area contributed by atoms with Crippen LogP contribution in [0.1, 0.15) is 24.5 Å². The van der Waals surface area contributed by atoms with Crippen LogP contribution in [0.4, 0.5) is 0 Å². The number of ether oxygens (including phenoxy) is 2. The highest BCUT2D eigenvalue weighted by Gasteiger charge is 2.09. The van der Waals surface area contributed by atoms with E-state index in [-0.39, 0.29) is 5.91 Å². The molecule has 6 heteroatoms. The second-order valence-corrected chi connectivity index (χ2v) is 8.65. The Hall–Kier alpha value is -3.64. The average molecular weight is 473 g/mol. The molecule has 4 aromatic rings. The summed E-state index contributed by atoms with van der Waals surface area (Å²) in [7, 11) is 1.62. The van der Waals surface area contributed by atoms with Crippen molar-refractivity contribution in [3.05, 3.63) is 89.3 Å². The molecule has 4 rings (SSSR count). The van der Waals surface area contributed by atoms with E-state index in [0.29, 0.717) is 31.7 Å². The minimum atomic E-state index is 0.0179. The maximum absolute atomic E-state index is 12.4. The predicted octanol–water partition coefficient (Wildman–Crippen LogP) is 6.13. The summed E-state index contributed by atoms with van der Waals surface area (Å²) in [5.74, 6) is 1.43. The molecule has 0 saturated heterocycles. The molecule has 0 unspecified atom stereocenters. The molecule has 1 aromatic heterocycles.